The monoisotopic (exact) mass is 429 g/mol. The van der Waals surface area contributed by atoms with Crippen LogP contribution in [0.2, 0.25) is 5.02 Å². The van der Waals surface area contributed by atoms with Crippen molar-refractivity contribution in [2.24, 2.45) is 0 Å². The summed E-state index contributed by atoms with van der Waals surface area (Å²) < 4.78 is 4.03. The second-order valence-corrected chi connectivity index (χ2v) is 8.65. The summed E-state index contributed by atoms with van der Waals surface area (Å²) in [6.45, 7) is 1.89. The van der Waals surface area contributed by atoms with Gasteiger partial charge in [-0.2, -0.15) is 0 Å². The highest BCUT2D eigenvalue weighted by Crippen LogP contribution is 2.33. The molecule has 1 saturated carbocycles. The molecule has 0 unspecified atom stereocenters. The molecule has 1 amide bonds. The third kappa shape index (κ3) is 4.51. The lowest BCUT2D eigenvalue weighted by atomic mass is 9.89. The number of nitrogens with zero attached hydrogens (tertiary/aromatic N) is 4. The molecule has 0 saturated heterocycles. The van der Waals surface area contributed by atoms with Crippen molar-refractivity contribution >= 4 is 35.0 Å². The Hall–Kier alpha value is -2.25. The van der Waals surface area contributed by atoms with Gasteiger partial charge in [-0.15, -0.1) is 10.2 Å². The van der Waals surface area contributed by atoms with Crippen molar-refractivity contribution in [1.82, 2.24) is 19.5 Å². The maximum atomic E-state index is 12.5. The second-order valence-electron chi connectivity index (χ2n) is 7.30. The van der Waals surface area contributed by atoms with Gasteiger partial charge in [0.2, 0.25) is 11.1 Å². The van der Waals surface area contributed by atoms with Crippen LogP contribution in [0.15, 0.2) is 47.9 Å². The molecule has 3 aromatic rings. The molecule has 1 fully saturated rings. The molecule has 1 aliphatic carbocycles. The van der Waals surface area contributed by atoms with E-state index in [1.807, 2.05) is 59.0 Å². The number of hydrogen-bond donors (Lipinski definition) is 1. The maximum absolute atomic E-state index is 12.5. The van der Waals surface area contributed by atoms with E-state index >= 15 is 0 Å². The first kappa shape index (κ1) is 20.0. The fourth-order valence-corrected chi connectivity index (χ4v) is 4.63. The molecule has 6 nitrogen and oxygen atoms in total. The van der Waals surface area contributed by atoms with E-state index in [0.29, 0.717) is 10.9 Å². The van der Waals surface area contributed by atoms with Gasteiger partial charge in [-0.1, -0.05) is 48.7 Å². The van der Waals surface area contributed by atoms with E-state index in [1.54, 1.807) is 0 Å². The first-order valence-corrected chi connectivity index (χ1v) is 11.3. The fourth-order valence-electron chi connectivity index (χ4n) is 3.72. The first-order chi connectivity index (χ1) is 14.1. The molecule has 8 heteroatoms. The minimum atomic E-state index is -0.0957. The average Bonchev–Trinajstić information content (AvgIpc) is 3.40. The van der Waals surface area contributed by atoms with Gasteiger partial charge < -0.3 is 5.32 Å². The summed E-state index contributed by atoms with van der Waals surface area (Å²) in [6, 6.07) is 9.46. The minimum absolute atomic E-state index is 0.0957. The normalized spacial score (nSPS) is 14.8. The number of carbonyl (C=O) groups excluding carboxylic acids is 1. The van der Waals surface area contributed by atoms with Crippen molar-refractivity contribution in [3.05, 3.63) is 59.1 Å². The summed E-state index contributed by atoms with van der Waals surface area (Å²) in [5.41, 5.74) is 1.60. The zero-order valence-corrected chi connectivity index (χ0v) is 17.9. The fraction of sp³-hybridized carbons (Fsp3) is 0.381. The molecular weight excluding hydrogens is 406 g/mol. The average molecular weight is 430 g/mol. The molecule has 1 aromatic carbocycles. The quantitative estimate of drug-likeness (QED) is 0.551. The highest BCUT2D eigenvalue weighted by atomic mass is 35.5. The molecule has 29 heavy (non-hydrogen) atoms. The predicted molar refractivity (Wildman–Crippen MR) is 117 cm³/mol. The molecule has 152 valence electrons. The number of amides is 1. The van der Waals surface area contributed by atoms with Gasteiger partial charge in [-0.3, -0.25) is 9.47 Å². The van der Waals surface area contributed by atoms with E-state index in [9.17, 15) is 4.79 Å². The first-order valence-electron chi connectivity index (χ1n) is 9.90. The van der Waals surface area contributed by atoms with Crippen LogP contribution in [-0.4, -0.2) is 31.2 Å². The van der Waals surface area contributed by atoms with Gasteiger partial charge in [0.1, 0.15) is 0 Å². The predicted octanol–water partition coefficient (Wildman–Crippen LogP) is 5.13. The van der Waals surface area contributed by atoms with Crippen molar-refractivity contribution in [2.45, 2.75) is 50.1 Å². The largest absolute Gasteiger partial charge is 0.325 e. The Morgan fingerprint density at radius 1 is 1.17 bits per heavy atom. The summed E-state index contributed by atoms with van der Waals surface area (Å²) in [4.78, 5) is 12.5. The Morgan fingerprint density at radius 2 is 1.93 bits per heavy atom. The number of thioether (sulfide) groups is 1. The lowest BCUT2D eigenvalue weighted by Crippen LogP contribution is -2.18. The van der Waals surface area contributed by atoms with Crippen molar-refractivity contribution in [3.8, 4) is 0 Å². The summed E-state index contributed by atoms with van der Waals surface area (Å²) in [5, 5.41) is 13.2. The van der Waals surface area contributed by atoms with Crippen molar-refractivity contribution in [3.63, 3.8) is 0 Å². The Bertz CT molecular complexity index is 979. The van der Waals surface area contributed by atoms with Crippen molar-refractivity contribution in [1.29, 1.82) is 0 Å². The van der Waals surface area contributed by atoms with Gasteiger partial charge in [0, 0.05) is 29.0 Å². The maximum Gasteiger partial charge on any atom is 0.234 e. The smallest absolute Gasteiger partial charge is 0.234 e. The Labute approximate surface area is 179 Å². The van der Waals surface area contributed by atoms with Crippen LogP contribution in [0.25, 0.3) is 0 Å². The highest BCUT2D eigenvalue weighted by molar-refractivity contribution is 7.99. The van der Waals surface area contributed by atoms with Gasteiger partial charge in [0.05, 0.1) is 5.75 Å². The zero-order valence-electron chi connectivity index (χ0n) is 16.3. The minimum Gasteiger partial charge on any atom is -0.325 e. The molecule has 0 radical (unpaired) electrons. The van der Waals surface area contributed by atoms with Gasteiger partial charge in [0.25, 0.3) is 0 Å². The summed E-state index contributed by atoms with van der Waals surface area (Å²) >= 11 is 7.53. The van der Waals surface area contributed by atoms with E-state index in [2.05, 4.69) is 15.5 Å². The van der Waals surface area contributed by atoms with Gasteiger partial charge >= 0.3 is 0 Å². The van der Waals surface area contributed by atoms with Crippen LogP contribution in [0, 0.1) is 6.92 Å². The second kappa shape index (κ2) is 9.05. The van der Waals surface area contributed by atoms with E-state index < -0.39 is 0 Å². The molecule has 0 atom stereocenters. The summed E-state index contributed by atoms with van der Waals surface area (Å²) in [5.74, 6) is 1.54. The van der Waals surface area contributed by atoms with Crippen LogP contribution in [0.4, 0.5) is 5.69 Å². The SMILES string of the molecule is Cc1c(Cl)cccc1NC(=O)CSc1nnc(C2CCCCC2)n1-n1cccc1. The third-order valence-corrected chi connectivity index (χ3v) is 6.63. The number of nitrogens with one attached hydrogen (secondary N) is 1. The van der Waals surface area contributed by atoms with E-state index in [4.69, 9.17) is 11.6 Å². The molecule has 2 heterocycles. The van der Waals surface area contributed by atoms with Crippen molar-refractivity contribution in [2.75, 3.05) is 11.1 Å². The number of hydrogen-bond acceptors (Lipinski definition) is 4. The molecule has 1 N–H and O–H groups in total. The number of rotatable bonds is 6. The van der Waals surface area contributed by atoms with Crippen LogP contribution in [0.1, 0.15) is 49.4 Å². The van der Waals surface area contributed by atoms with Gasteiger partial charge in [0.15, 0.2) is 5.82 Å². The number of anilines is 1. The lowest BCUT2D eigenvalue weighted by Gasteiger charge is -2.22. The van der Waals surface area contributed by atoms with Crippen LogP contribution in [0.5, 0.6) is 0 Å². The van der Waals surface area contributed by atoms with E-state index in [0.717, 1.165) is 35.1 Å². The number of aromatic nitrogens is 4. The zero-order chi connectivity index (χ0) is 20.2. The standard InChI is InChI=1S/C21H24ClN5OS/c1-15-17(22)10-7-11-18(15)23-19(28)14-29-21-25-24-20(16-8-3-2-4-9-16)27(21)26-12-5-6-13-26/h5-7,10-13,16H,2-4,8-9,14H2,1H3,(H,23,28). The Balaban J connectivity index is 1.50. The third-order valence-electron chi connectivity index (χ3n) is 5.30. The molecule has 0 aliphatic heterocycles. The topological polar surface area (TPSA) is 64.7 Å². The molecule has 4 rings (SSSR count). The van der Waals surface area contributed by atoms with Crippen LogP contribution >= 0.6 is 23.4 Å². The molecule has 0 bridgehead atoms. The Kier molecular flexibility index (Phi) is 6.25. The summed E-state index contributed by atoms with van der Waals surface area (Å²) in [7, 11) is 0. The van der Waals surface area contributed by atoms with E-state index in [1.165, 1.54) is 31.0 Å². The number of halogens is 1. The molecular formula is C21H24ClN5OS. The molecule has 2 aromatic heterocycles. The number of carbonyl (C=O) groups is 1. The van der Waals surface area contributed by atoms with Crippen LogP contribution < -0.4 is 5.32 Å². The van der Waals surface area contributed by atoms with Gasteiger partial charge in [-0.05, 0) is 49.6 Å². The lowest BCUT2D eigenvalue weighted by molar-refractivity contribution is -0.113. The van der Waals surface area contributed by atoms with Crippen LogP contribution in [-0.2, 0) is 4.79 Å². The molecule has 0 spiro atoms. The summed E-state index contributed by atoms with van der Waals surface area (Å²) in [6.07, 6.45) is 9.99. The highest BCUT2D eigenvalue weighted by Gasteiger charge is 2.24. The van der Waals surface area contributed by atoms with Gasteiger partial charge in [-0.25, -0.2) is 4.68 Å². The molecule has 1 aliphatic rings. The Morgan fingerprint density at radius 3 is 2.69 bits per heavy atom. The number of benzene rings is 1. The van der Waals surface area contributed by atoms with Crippen molar-refractivity contribution < 1.29 is 4.79 Å². The van der Waals surface area contributed by atoms with Crippen LogP contribution in [0.3, 0.4) is 0 Å². The van der Waals surface area contributed by atoms with E-state index in [-0.39, 0.29) is 11.7 Å².